The predicted molar refractivity (Wildman–Crippen MR) is 99.8 cm³/mol. The molecule has 0 radical (unpaired) electrons. The van der Waals surface area contributed by atoms with Crippen LogP contribution in [0.3, 0.4) is 0 Å². The summed E-state index contributed by atoms with van der Waals surface area (Å²) in [5, 5.41) is 10.0. The number of hydrogen-bond acceptors (Lipinski definition) is 5. The number of hydrogen-bond donors (Lipinski definition) is 0. The van der Waals surface area contributed by atoms with Gasteiger partial charge in [0.25, 0.3) is 0 Å². The minimum Gasteiger partial charge on any atom is -0.355 e. The second-order valence-corrected chi connectivity index (χ2v) is 7.79. The summed E-state index contributed by atoms with van der Waals surface area (Å²) >= 11 is 3.57. The van der Waals surface area contributed by atoms with Crippen molar-refractivity contribution in [3.8, 4) is 0 Å². The molecule has 1 atom stereocenters. The lowest BCUT2D eigenvalue weighted by atomic mass is 9.97. The molecule has 1 unspecified atom stereocenters. The van der Waals surface area contributed by atoms with E-state index in [2.05, 4.69) is 51.6 Å². The Morgan fingerprint density at radius 3 is 3.00 bits per heavy atom. The maximum absolute atomic E-state index is 4.61. The first-order chi connectivity index (χ1) is 12.3. The Morgan fingerprint density at radius 1 is 1.08 bits per heavy atom. The van der Waals surface area contributed by atoms with Gasteiger partial charge in [-0.15, -0.1) is 10.2 Å². The molecule has 4 heterocycles. The molecule has 2 aliphatic rings. The number of anilines is 1. The van der Waals surface area contributed by atoms with Crippen LogP contribution in [0.25, 0.3) is 10.9 Å². The van der Waals surface area contributed by atoms with Crippen molar-refractivity contribution in [1.29, 1.82) is 0 Å². The minimum atomic E-state index is 0.422. The van der Waals surface area contributed by atoms with Crippen LogP contribution in [0.2, 0.25) is 0 Å². The maximum atomic E-state index is 4.61. The summed E-state index contributed by atoms with van der Waals surface area (Å²) in [7, 11) is 0. The van der Waals surface area contributed by atoms with E-state index < -0.39 is 0 Å². The van der Waals surface area contributed by atoms with Gasteiger partial charge in [-0.25, -0.2) is 9.97 Å². The molecular formula is C18H19BrN6. The zero-order chi connectivity index (χ0) is 16.8. The second-order valence-electron chi connectivity index (χ2n) is 6.87. The summed E-state index contributed by atoms with van der Waals surface area (Å²) in [6, 6.07) is 6.18. The van der Waals surface area contributed by atoms with Crippen molar-refractivity contribution < 1.29 is 0 Å². The number of halogens is 1. The standard InChI is InChI=1S/C18H19BrN6/c19-13-5-6-15-14(9-13)18(21-11-20-15)24-7-1-3-12(10-24)17-23-22-16-4-2-8-25(16)17/h5-6,9,11-12H,1-4,7-8,10H2. The summed E-state index contributed by atoms with van der Waals surface area (Å²) in [6.07, 6.45) is 6.24. The number of piperidine rings is 1. The van der Waals surface area contributed by atoms with Crippen LogP contribution in [0.1, 0.15) is 36.8 Å². The highest BCUT2D eigenvalue weighted by Gasteiger charge is 2.29. The maximum Gasteiger partial charge on any atom is 0.139 e. The van der Waals surface area contributed by atoms with E-state index in [1.165, 1.54) is 12.8 Å². The average Bonchev–Trinajstić information content (AvgIpc) is 3.25. The van der Waals surface area contributed by atoms with Crippen molar-refractivity contribution in [2.45, 2.75) is 38.1 Å². The van der Waals surface area contributed by atoms with Gasteiger partial charge in [0.2, 0.25) is 0 Å². The largest absolute Gasteiger partial charge is 0.355 e. The van der Waals surface area contributed by atoms with E-state index in [0.717, 1.165) is 65.3 Å². The van der Waals surface area contributed by atoms with E-state index in [1.54, 1.807) is 6.33 Å². The Morgan fingerprint density at radius 2 is 2.04 bits per heavy atom. The van der Waals surface area contributed by atoms with Crippen molar-refractivity contribution in [1.82, 2.24) is 24.7 Å². The Labute approximate surface area is 154 Å². The van der Waals surface area contributed by atoms with Gasteiger partial charge in [-0.1, -0.05) is 15.9 Å². The van der Waals surface area contributed by atoms with Crippen LogP contribution in [0.4, 0.5) is 5.82 Å². The van der Waals surface area contributed by atoms with Crippen molar-refractivity contribution >= 4 is 32.7 Å². The smallest absolute Gasteiger partial charge is 0.139 e. The van der Waals surface area contributed by atoms with Gasteiger partial charge < -0.3 is 9.47 Å². The van der Waals surface area contributed by atoms with Crippen LogP contribution in [-0.4, -0.2) is 37.8 Å². The van der Waals surface area contributed by atoms with Crippen LogP contribution < -0.4 is 4.90 Å². The number of aromatic nitrogens is 5. The molecule has 0 saturated carbocycles. The Kier molecular flexibility index (Phi) is 3.69. The SMILES string of the molecule is Brc1ccc2ncnc(N3CCCC(c4nnc5n4CCC5)C3)c2c1. The average molecular weight is 399 g/mol. The first-order valence-corrected chi connectivity index (χ1v) is 9.66. The zero-order valence-corrected chi connectivity index (χ0v) is 15.5. The molecule has 2 aromatic heterocycles. The molecule has 0 aliphatic carbocycles. The molecule has 25 heavy (non-hydrogen) atoms. The summed E-state index contributed by atoms with van der Waals surface area (Å²) in [6.45, 7) is 3.03. The van der Waals surface area contributed by atoms with Crippen molar-refractivity contribution in [3.05, 3.63) is 40.6 Å². The number of nitrogens with zero attached hydrogens (tertiary/aromatic N) is 6. The summed E-state index contributed by atoms with van der Waals surface area (Å²) in [4.78, 5) is 11.4. The topological polar surface area (TPSA) is 59.7 Å². The molecule has 0 N–H and O–H groups in total. The van der Waals surface area contributed by atoms with Gasteiger partial charge in [-0.05, 0) is 37.5 Å². The first-order valence-electron chi connectivity index (χ1n) is 8.87. The fraction of sp³-hybridized carbons (Fsp3) is 0.444. The molecule has 5 rings (SSSR count). The van der Waals surface area contributed by atoms with Crippen LogP contribution >= 0.6 is 15.9 Å². The quantitative estimate of drug-likeness (QED) is 0.662. The van der Waals surface area contributed by atoms with Crippen LogP contribution in [0.5, 0.6) is 0 Å². The number of rotatable bonds is 2. The third-order valence-electron chi connectivity index (χ3n) is 5.30. The minimum absolute atomic E-state index is 0.422. The predicted octanol–water partition coefficient (Wildman–Crippen LogP) is 3.31. The lowest BCUT2D eigenvalue weighted by Gasteiger charge is -2.33. The van der Waals surface area contributed by atoms with Gasteiger partial charge >= 0.3 is 0 Å². The van der Waals surface area contributed by atoms with Crippen molar-refractivity contribution in [2.24, 2.45) is 0 Å². The molecular weight excluding hydrogens is 380 g/mol. The van der Waals surface area contributed by atoms with E-state index in [4.69, 9.17) is 0 Å². The molecule has 0 bridgehead atoms. The highest BCUT2D eigenvalue weighted by molar-refractivity contribution is 9.10. The van der Waals surface area contributed by atoms with E-state index >= 15 is 0 Å². The molecule has 3 aromatic rings. The fourth-order valence-electron chi connectivity index (χ4n) is 4.12. The molecule has 6 nitrogen and oxygen atoms in total. The van der Waals surface area contributed by atoms with Gasteiger partial charge in [0.05, 0.1) is 5.52 Å². The Bertz CT molecular complexity index is 936. The summed E-state index contributed by atoms with van der Waals surface area (Å²) < 4.78 is 3.39. The molecule has 7 heteroatoms. The van der Waals surface area contributed by atoms with E-state index in [-0.39, 0.29) is 0 Å². The van der Waals surface area contributed by atoms with Crippen LogP contribution in [0.15, 0.2) is 29.0 Å². The van der Waals surface area contributed by atoms with E-state index in [1.807, 2.05) is 12.1 Å². The molecule has 0 spiro atoms. The molecule has 128 valence electrons. The Hall–Kier alpha value is -2.02. The van der Waals surface area contributed by atoms with Gasteiger partial charge in [0.1, 0.15) is 23.8 Å². The normalized spacial score (nSPS) is 20.2. The zero-order valence-electron chi connectivity index (χ0n) is 13.9. The highest BCUT2D eigenvalue weighted by Crippen LogP contribution is 2.33. The molecule has 2 aliphatic heterocycles. The van der Waals surface area contributed by atoms with E-state index in [9.17, 15) is 0 Å². The summed E-state index contributed by atoms with van der Waals surface area (Å²) in [5.74, 6) is 3.77. The van der Waals surface area contributed by atoms with Crippen molar-refractivity contribution in [3.63, 3.8) is 0 Å². The second kappa shape index (κ2) is 6.05. The first kappa shape index (κ1) is 15.3. The molecule has 1 saturated heterocycles. The molecule has 0 amide bonds. The third-order valence-corrected chi connectivity index (χ3v) is 5.79. The fourth-order valence-corrected chi connectivity index (χ4v) is 4.48. The highest BCUT2D eigenvalue weighted by atomic mass is 79.9. The summed E-state index contributed by atoms with van der Waals surface area (Å²) in [5.41, 5.74) is 0.985. The third kappa shape index (κ3) is 2.61. The lowest BCUT2D eigenvalue weighted by Crippen LogP contribution is -2.36. The van der Waals surface area contributed by atoms with Crippen LogP contribution in [0, 0.1) is 0 Å². The van der Waals surface area contributed by atoms with Gasteiger partial charge in [0, 0.05) is 41.8 Å². The number of aryl methyl sites for hydroxylation is 1. The molecule has 1 aromatic carbocycles. The Balaban J connectivity index is 1.50. The van der Waals surface area contributed by atoms with Gasteiger partial charge in [0.15, 0.2) is 0 Å². The number of fused-ring (bicyclic) bond motifs is 2. The van der Waals surface area contributed by atoms with Gasteiger partial charge in [-0.3, -0.25) is 0 Å². The number of benzene rings is 1. The van der Waals surface area contributed by atoms with E-state index in [0.29, 0.717) is 5.92 Å². The van der Waals surface area contributed by atoms with Crippen LogP contribution in [-0.2, 0) is 13.0 Å². The molecule has 1 fully saturated rings. The van der Waals surface area contributed by atoms with Crippen molar-refractivity contribution in [2.75, 3.05) is 18.0 Å². The monoisotopic (exact) mass is 398 g/mol. The van der Waals surface area contributed by atoms with Gasteiger partial charge in [-0.2, -0.15) is 0 Å². The lowest BCUT2D eigenvalue weighted by molar-refractivity contribution is 0.471.